The Kier molecular flexibility index (Phi) is 4.59. The molecule has 0 atom stereocenters. The lowest BCUT2D eigenvalue weighted by atomic mass is 10.1. The van der Waals surface area contributed by atoms with Crippen LogP contribution in [-0.2, 0) is 6.61 Å². The number of hydrogen-bond donors (Lipinski definition) is 2. The zero-order chi connectivity index (χ0) is 16.1. The molecule has 0 aliphatic heterocycles. The molecule has 0 aliphatic rings. The molecule has 1 heterocycles. The zero-order valence-electron chi connectivity index (χ0n) is 12.1. The number of oxime groups is 1. The second-order valence-corrected chi connectivity index (χ2v) is 5.25. The second kappa shape index (κ2) is 6.98. The van der Waals surface area contributed by atoms with Crippen LogP contribution in [0.5, 0.6) is 5.75 Å². The van der Waals surface area contributed by atoms with E-state index in [2.05, 4.69) is 15.4 Å². The second-order valence-electron chi connectivity index (χ2n) is 4.82. The number of H-pyrrole nitrogens is 1. The van der Waals surface area contributed by atoms with Crippen molar-refractivity contribution in [3.8, 4) is 17.0 Å². The number of nitrogens with one attached hydrogen (secondary N) is 1. The SMILES string of the molecule is ON=Cc1c(-c2ccccc2)n[nH]c1COc1ccc(Cl)cc1. The molecule has 5 nitrogen and oxygen atoms in total. The quantitative estimate of drug-likeness (QED) is 0.421. The van der Waals surface area contributed by atoms with E-state index in [1.165, 1.54) is 6.21 Å². The van der Waals surface area contributed by atoms with Gasteiger partial charge in [0.05, 0.1) is 11.9 Å². The Bertz CT molecular complexity index is 798. The maximum absolute atomic E-state index is 8.92. The number of rotatable bonds is 5. The highest BCUT2D eigenvalue weighted by Gasteiger charge is 2.14. The van der Waals surface area contributed by atoms with Crippen molar-refractivity contribution in [2.75, 3.05) is 0 Å². The predicted molar refractivity (Wildman–Crippen MR) is 89.2 cm³/mol. The topological polar surface area (TPSA) is 70.5 Å². The van der Waals surface area contributed by atoms with Gasteiger partial charge in [-0.25, -0.2) is 0 Å². The van der Waals surface area contributed by atoms with E-state index in [0.29, 0.717) is 22.0 Å². The monoisotopic (exact) mass is 327 g/mol. The van der Waals surface area contributed by atoms with Crippen LogP contribution in [0.1, 0.15) is 11.3 Å². The first kappa shape index (κ1) is 15.1. The van der Waals surface area contributed by atoms with Crippen LogP contribution in [0.15, 0.2) is 59.8 Å². The summed E-state index contributed by atoms with van der Waals surface area (Å²) in [5, 5.41) is 19.9. The first-order valence-corrected chi connectivity index (χ1v) is 7.34. The standard InChI is InChI=1S/C17H14ClN3O2/c18-13-6-8-14(9-7-13)23-11-16-15(10-19-22)17(21-20-16)12-4-2-1-3-5-12/h1-10,22H,11H2,(H,20,21). The molecule has 0 saturated heterocycles. The molecule has 3 aromatic rings. The van der Waals surface area contributed by atoms with E-state index < -0.39 is 0 Å². The molecular formula is C17H14ClN3O2. The summed E-state index contributed by atoms with van der Waals surface area (Å²) in [4.78, 5) is 0. The first-order valence-electron chi connectivity index (χ1n) is 6.96. The van der Waals surface area contributed by atoms with Gasteiger partial charge in [-0.15, -0.1) is 0 Å². The van der Waals surface area contributed by atoms with Crippen molar-refractivity contribution in [1.29, 1.82) is 0 Å². The lowest BCUT2D eigenvalue weighted by molar-refractivity contribution is 0.300. The van der Waals surface area contributed by atoms with Gasteiger partial charge in [-0.05, 0) is 24.3 Å². The van der Waals surface area contributed by atoms with Crippen molar-refractivity contribution in [2.45, 2.75) is 6.61 Å². The smallest absolute Gasteiger partial charge is 0.130 e. The van der Waals surface area contributed by atoms with Gasteiger partial charge in [0.2, 0.25) is 0 Å². The van der Waals surface area contributed by atoms with Gasteiger partial charge in [0.25, 0.3) is 0 Å². The highest BCUT2D eigenvalue weighted by atomic mass is 35.5. The number of aromatic nitrogens is 2. The van der Waals surface area contributed by atoms with E-state index in [-0.39, 0.29) is 6.61 Å². The minimum Gasteiger partial charge on any atom is -0.487 e. The molecule has 0 saturated carbocycles. The van der Waals surface area contributed by atoms with Crippen LogP contribution in [0.2, 0.25) is 5.02 Å². The summed E-state index contributed by atoms with van der Waals surface area (Å²) in [7, 11) is 0. The molecule has 0 spiro atoms. The Balaban J connectivity index is 1.85. The van der Waals surface area contributed by atoms with Gasteiger partial charge in [0.1, 0.15) is 18.1 Å². The van der Waals surface area contributed by atoms with Crippen molar-refractivity contribution in [1.82, 2.24) is 10.2 Å². The van der Waals surface area contributed by atoms with Gasteiger partial charge < -0.3 is 9.94 Å². The average molecular weight is 328 g/mol. The summed E-state index contributed by atoms with van der Waals surface area (Å²) in [5.41, 5.74) is 3.04. The van der Waals surface area contributed by atoms with Gasteiger partial charge in [-0.1, -0.05) is 47.1 Å². The number of halogens is 1. The van der Waals surface area contributed by atoms with Crippen molar-refractivity contribution >= 4 is 17.8 Å². The van der Waals surface area contributed by atoms with E-state index in [1.807, 2.05) is 30.3 Å². The first-order chi connectivity index (χ1) is 11.3. The van der Waals surface area contributed by atoms with Crippen molar-refractivity contribution in [3.63, 3.8) is 0 Å². The van der Waals surface area contributed by atoms with Gasteiger partial charge in [0, 0.05) is 16.1 Å². The molecule has 116 valence electrons. The van der Waals surface area contributed by atoms with Gasteiger partial charge >= 0.3 is 0 Å². The van der Waals surface area contributed by atoms with Gasteiger partial charge in [-0.2, -0.15) is 5.10 Å². The molecule has 23 heavy (non-hydrogen) atoms. The minimum atomic E-state index is 0.267. The molecule has 3 rings (SSSR count). The molecule has 1 aromatic heterocycles. The van der Waals surface area contributed by atoms with E-state index in [0.717, 1.165) is 11.3 Å². The maximum atomic E-state index is 8.92. The summed E-state index contributed by atoms with van der Waals surface area (Å²) >= 11 is 5.85. The third-order valence-electron chi connectivity index (χ3n) is 3.31. The number of hydrogen-bond acceptors (Lipinski definition) is 4. The fraction of sp³-hybridized carbons (Fsp3) is 0.0588. The summed E-state index contributed by atoms with van der Waals surface area (Å²) in [6.45, 7) is 0.267. The summed E-state index contributed by atoms with van der Waals surface area (Å²) in [6.07, 6.45) is 1.35. The molecule has 0 fully saturated rings. The zero-order valence-corrected chi connectivity index (χ0v) is 12.9. The summed E-state index contributed by atoms with van der Waals surface area (Å²) in [5.74, 6) is 0.692. The average Bonchev–Trinajstić information content (AvgIpc) is 2.98. The van der Waals surface area contributed by atoms with Crippen LogP contribution in [0, 0.1) is 0 Å². The Morgan fingerprint density at radius 1 is 1.13 bits per heavy atom. The molecule has 0 radical (unpaired) electrons. The highest BCUT2D eigenvalue weighted by molar-refractivity contribution is 6.30. The molecule has 2 aromatic carbocycles. The summed E-state index contributed by atoms with van der Waals surface area (Å²) < 4.78 is 5.71. The van der Waals surface area contributed by atoms with Gasteiger partial charge in [-0.3, -0.25) is 5.10 Å². The van der Waals surface area contributed by atoms with Crippen molar-refractivity contribution < 1.29 is 9.94 Å². The molecule has 2 N–H and O–H groups in total. The Morgan fingerprint density at radius 3 is 2.57 bits per heavy atom. The van der Waals surface area contributed by atoms with Crippen LogP contribution < -0.4 is 4.74 Å². The number of ether oxygens (including phenoxy) is 1. The number of aromatic amines is 1. The molecule has 0 aliphatic carbocycles. The minimum absolute atomic E-state index is 0.267. The van der Waals surface area contributed by atoms with Gasteiger partial charge in [0.15, 0.2) is 0 Å². The molecule has 6 heteroatoms. The number of benzene rings is 2. The predicted octanol–water partition coefficient (Wildman–Crippen LogP) is 4.12. The third-order valence-corrected chi connectivity index (χ3v) is 3.57. The fourth-order valence-corrected chi connectivity index (χ4v) is 2.32. The van der Waals surface area contributed by atoms with Crippen LogP contribution in [0.4, 0.5) is 0 Å². The van der Waals surface area contributed by atoms with Crippen LogP contribution in [0.3, 0.4) is 0 Å². The highest BCUT2D eigenvalue weighted by Crippen LogP contribution is 2.24. The Labute approximate surface area is 138 Å². The molecule has 0 amide bonds. The van der Waals surface area contributed by atoms with Crippen LogP contribution >= 0.6 is 11.6 Å². The normalized spacial score (nSPS) is 11.0. The van der Waals surface area contributed by atoms with Crippen molar-refractivity contribution in [3.05, 3.63) is 70.9 Å². The Morgan fingerprint density at radius 2 is 1.87 bits per heavy atom. The third kappa shape index (κ3) is 3.52. The van der Waals surface area contributed by atoms with E-state index in [4.69, 9.17) is 21.5 Å². The van der Waals surface area contributed by atoms with E-state index in [1.54, 1.807) is 24.3 Å². The fourth-order valence-electron chi connectivity index (χ4n) is 2.20. The van der Waals surface area contributed by atoms with Crippen LogP contribution in [0.25, 0.3) is 11.3 Å². The number of nitrogens with zero attached hydrogens (tertiary/aromatic N) is 2. The van der Waals surface area contributed by atoms with E-state index >= 15 is 0 Å². The Hall–Kier alpha value is -2.79. The molecule has 0 bridgehead atoms. The summed E-state index contributed by atoms with van der Waals surface area (Å²) in [6, 6.07) is 16.8. The largest absolute Gasteiger partial charge is 0.487 e. The lowest BCUT2D eigenvalue weighted by Gasteiger charge is -2.05. The van der Waals surface area contributed by atoms with Crippen LogP contribution in [-0.4, -0.2) is 21.6 Å². The molecule has 0 unspecified atom stereocenters. The van der Waals surface area contributed by atoms with E-state index in [9.17, 15) is 0 Å². The van der Waals surface area contributed by atoms with Crippen molar-refractivity contribution in [2.24, 2.45) is 5.16 Å². The maximum Gasteiger partial charge on any atom is 0.130 e. The molecular weight excluding hydrogens is 314 g/mol. The lowest BCUT2D eigenvalue weighted by Crippen LogP contribution is -1.99.